The van der Waals surface area contributed by atoms with Gasteiger partial charge in [-0.05, 0) is 47.0 Å². The Labute approximate surface area is 187 Å². The van der Waals surface area contributed by atoms with Crippen LogP contribution in [-0.4, -0.2) is 32.3 Å². The molecule has 0 unspecified atom stereocenters. The van der Waals surface area contributed by atoms with Crippen molar-refractivity contribution in [1.29, 1.82) is 0 Å². The Bertz CT molecular complexity index is 1110. The second-order valence-electron chi connectivity index (χ2n) is 6.80. The maximum atomic E-state index is 12.3. The molecule has 6 nitrogen and oxygen atoms in total. The number of carbonyl (C=O) groups is 1. The number of carbonyl (C=O) groups excluding carboxylic acids is 1. The van der Waals surface area contributed by atoms with Gasteiger partial charge in [0.15, 0.2) is 11.5 Å². The highest BCUT2D eigenvalue weighted by molar-refractivity contribution is 6.03. The molecule has 3 aromatic rings. The van der Waals surface area contributed by atoms with Crippen molar-refractivity contribution in [3.8, 4) is 23.0 Å². The van der Waals surface area contributed by atoms with Crippen LogP contribution in [0.2, 0.25) is 0 Å². The van der Waals surface area contributed by atoms with Crippen LogP contribution in [0.4, 0.5) is 5.69 Å². The molecule has 0 aliphatic heterocycles. The summed E-state index contributed by atoms with van der Waals surface area (Å²) in [6.07, 6.45) is 6.86. The fourth-order valence-corrected chi connectivity index (χ4v) is 3.06. The average molecular weight is 431 g/mol. The van der Waals surface area contributed by atoms with Gasteiger partial charge in [0.25, 0.3) is 0 Å². The number of aromatic hydroxyl groups is 1. The number of benzene rings is 3. The third kappa shape index (κ3) is 5.70. The maximum Gasteiger partial charge on any atom is 0.248 e. The van der Waals surface area contributed by atoms with Gasteiger partial charge in [0.05, 0.1) is 27.0 Å². The molecule has 0 atom stereocenters. The molecule has 0 saturated carbocycles. The monoisotopic (exact) mass is 431 g/mol. The van der Waals surface area contributed by atoms with Gasteiger partial charge in [-0.25, -0.2) is 0 Å². The Morgan fingerprint density at radius 2 is 1.44 bits per heavy atom. The summed E-state index contributed by atoms with van der Waals surface area (Å²) in [6.45, 7) is 0. The lowest BCUT2D eigenvalue weighted by Crippen LogP contribution is -2.08. The number of amides is 1. The average Bonchev–Trinajstić information content (AvgIpc) is 2.83. The molecule has 0 radical (unpaired) electrons. The van der Waals surface area contributed by atoms with Crippen LogP contribution in [-0.2, 0) is 4.79 Å². The molecule has 0 aromatic heterocycles. The summed E-state index contributed by atoms with van der Waals surface area (Å²) in [5.74, 6) is 1.27. The Morgan fingerprint density at radius 1 is 0.781 bits per heavy atom. The van der Waals surface area contributed by atoms with E-state index in [4.69, 9.17) is 14.2 Å². The summed E-state index contributed by atoms with van der Waals surface area (Å²) in [7, 11) is 4.68. The number of ether oxygens (including phenoxy) is 3. The molecule has 0 aliphatic rings. The van der Waals surface area contributed by atoms with Crippen molar-refractivity contribution in [3.05, 3.63) is 83.4 Å². The molecule has 2 N–H and O–H groups in total. The van der Waals surface area contributed by atoms with Gasteiger partial charge in [0, 0.05) is 6.08 Å². The van der Waals surface area contributed by atoms with E-state index in [-0.39, 0.29) is 11.7 Å². The van der Waals surface area contributed by atoms with Crippen molar-refractivity contribution in [1.82, 2.24) is 0 Å². The third-order valence-electron chi connectivity index (χ3n) is 4.66. The van der Waals surface area contributed by atoms with E-state index in [9.17, 15) is 9.90 Å². The van der Waals surface area contributed by atoms with Crippen LogP contribution in [0.15, 0.2) is 66.7 Å². The van der Waals surface area contributed by atoms with Gasteiger partial charge in [-0.3, -0.25) is 4.79 Å². The van der Waals surface area contributed by atoms with Crippen LogP contribution in [0.25, 0.3) is 18.2 Å². The van der Waals surface area contributed by atoms with Gasteiger partial charge in [0.1, 0.15) is 5.75 Å². The van der Waals surface area contributed by atoms with Crippen molar-refractivity contribution in [2.75, 3.05) is 26.6 Å². The minimum absolute atomic E-state index is 0.0172. The molecule has 0 bridgehead atoms. The lowest BCUT2D eigenvalue weighted by molar-refractivity contribution is -0.111. The van der Waals surface area contributed by atoms with Crippen molar-refractivity contribution in [2.24, 2.45) is 0 Å². The minimum atomic E-state index is -0.338. The molecule has 0 fully saturated rings. The van der Waals surface area contributed by atoms with E-state index >= 15 is 0 Å². The second-order valence-corrected chi connectivity index (χ2v) is 6.80. The molecule has 6 heteroatoms. The minimum Gasteiger partial charge on any atom is -0.506 e. The number of hydrogen-bond acceptors (Lipinski definition) is 5. The van der Waals surface area contributed by atoms with E-state index in [0.717, 1.165) is 16.7 Å². The smallest absolute Gasteiger partial charge is 0.248 e. The molecule has 0 saturated heterocycles. The predicted octanol–water partition coefficient (Wildman–Crippen LogP) is 5.24. The Morgan fingerprint density at radius 3 is 2.06 bits per heavy atom. The van der Waals surface area contributed by atoms with E-state index in [1.54, 1.807) is 39.5 Å². The van der Waals surface area contributed by atoms with Gasteiger partial charge in [-0.1, -0.05) is 48.6 Å². The first-order chi connectivity index (χ1) is 15.5. The zero-order chi connectivity index (χ0) is 22.9. The SMILES string of the molecule is COc1cc(C=Cc2ccc(O)c(NC(=O)C=Cc3ccccc3)c2)cc(OC)c1OC. The molecular formula is C26H25NO5. The van der Waals surface area contributed by atoms with E-state index in [0.29, 0.717) is 22.9 Å². The Balaban J connectivity index is 1.78. The topological polar surface area (TPSA) is 77.0 Å². The van der Waals surface area contributed by atoms with Crippen molar-refractivity contribution in [3.63, 3.8) is 0 Å². The van der Waals surface area contributed by atoms with Crippen molar-refractivity contribution < 1.29 is 24.1 Å². The number of phenols is 1. The quantitative estimate of drug-likeness (QED) is 0.290. The van der Waals surface area contributed by atoms with Gasteiger partial charge in [0.2, 0.25) is 11.7 Å². The van der Waals surface area contributed by atoms with Crippen molar-refractivity contribution >= 4 is 29.8 Å². The fourth-order valence-electron chi connectivity index (χ4n) is 3.06. The summed E-state index contributed by atoms with van der Waals surface area (Å²) in [5.41, 5.74) is 2.86. The van der Waals surface area contributed by atoms with Gasteiger partial charge in [-0.2, -0.15) is 0 Å². The number of rotatable bonds is 8. The number of hydrogen-bond donors (Lipinski definition) is 2. The third-order valence-corrected chi connectivity index (χ3v) is 4.66. The Hall–Kier alpha value is -4.19. The highest BCUT2D eigenvalue weighted by Gasteiger charge is 2.12. The molecule has 0 spiro atoms. The molecule has 164 valence electrons. The molecule has 32 heavy (non-hydrogen) atoms. The highest BCUT2D eigenvalue weighted by Crippen LogP contribution is 2.38. The highest BCUT2D eigenvalue weighted by atomic mass is 16.5. The summed E-state index contributed by atoms with van der Waals surface area (Å²) in [4.78, 5) is 12.3. The number of phenolic OH excluding ortho intramolecular Hbond substituents is 1. The van der Waals surface area contributed by atoms with Crippen LogP contribution >= 0.6 is 0 Å². The van der Waals surface area contributed by atoms with E-state index in [1.165, 1.54) is 12.1 Å². The zero-order valence-corrected chi connectivity index (χ0v) is 18.2. The number of anilines is 1. The first-order valence-electron chi connectivity index (χ1n) is 9.89. The normalized spacial score (nSPS) is 11.0. The standard InChI is InChI=1S/C26H25NO5/c1-30-23-16-20(17-24(31-2)26(23)32-3)10-9-19-11-13-22(28)21(15-19)27-25(29)14-12-18-7-5-4-6-8-18/h4-17,28H,1-3H3,(H,27,29). The van der Waals surface area contributed by atoms with Gasteiger partial charge in [-0.15, -0.1) is 0 Å². The summed E-state index contributed by atoms with van der Waals surface area (Å²) in [6, 6.07) is 18.1. The largest absolute Gasteiger partial charge is 0.506 e. The molecule has 0 aliphatic carbocycles. The predicted molar refractivity (Wildman–Crippen MR) is 127 cm³/mol. The van der Waals surface area contributed by atoms with Crippen LogP contribution in [0, 0.1) is 0 Å². The van der Waals surface area contributed by atoms with Gasteiger partial charge < -0.3 is 24.6 Å². The molecule has 1 amide bonds. The second kappa shape index (κ2) is 10.7. The zero-order valence-electron chi connectivity index (χ0n) is 18.2. The first kappa shape index (κ1) is 22.5. The lowest BCUT2D eigenvalue weighted by Gasteiger charge is -2.12. The fraction of sp³-hybridized carbons (Fsp3) is 0.115. The lowest BCUT2D eigenvalue weighted by atomic mass is 10.1. The van der Waals surface area contributed by atoms with Gasteiger partial charge >= 0.3 is 0 Å². The summed E-state index contributed by atoms with van der Waals surface area (Å²) < 4.78 is 16.1. The maximum absolute atomic E-state index is 12.3. The summed E-state index contributed by atoms with van der Waals surface area (Å²) >= 11 is 0. The van der Waals surface area contributed by atoms with Crippen LogP contribution < -0.4 is 19.5 Å². The Kier molecular flexibility index (Phi) is 7.54. The van der Waals surface area contributed by atoms with Crippen LogP contribution in [0.1, 0.15) is 16.7 Å². The molecule has 3 rings (SSSR count). The summed E-state index contributed by atoms with van der Waals surface area (Å²) in [5, 5.41) is 12.8. The molecular weight excluding hydrogens is 406 g/mol. The van der Waals surface area contributed by atoms with E-state index in [2.05, 4.69) is 5.32 Å². The number of methoxy groups -OCH3 is 3. The molecule has 0 heterocycles. The van der Waals surface area contributed by atoms with Crippen molar-refractivity contribution in [2.45, 2.75) is 0 Å². The van der Waals surface area contributed by atoms with E-state index < -0.39 is 0 Å². The first-order valence-corrected chi connectivity index (χ1v) is 9.89. The molecule has 3 aromatic carbocycles. The van der Waals surface area contributed by atoms with Crippen LogP contribution in [0.5, 0.6) is 23.0 Å². The van der Waals surface area contributed by atoms with Crippen LogP contribution in [0.3, 0.4) is 0 Å². The van der Waals surface area contributed by atoms with E-state index in [1.807, 2.05) is 54.6 Å². The number of nitrogens with one attached hydrogen (secondary N) is 1.